The number of carbonyl (C=O) groups excluding carboxylic acids is 4. The van der Waals surface area contributed by atoms with Gasteiger partial charge in [-0.15, -0.1) is 0 Å². The summed E-state index contributed by atoms with van der Waals surface area (Å²) < 4.78 is 40.4. The lowest BCUT2D eigenvalue weighted by Crippen LogP contribution is -2.53. The molecular weight excluding hydrogens is 732 g/mol. The minimum atomic E-state index is -4.75. The zero-order valence-electron chi connectivity index (χ0n) is 28.0. The number of hydrogen-bond acceptors (Lipinski definition) is 7. The molecule has 1 saturated carbocycles. The molecule has 0 radical (unpaired) electrons. The van der Waals surface area contributed by atoms with Gasteiger partial charge in [-0.2, -0.15) is 18.2 Å². The maximum atomic E-state index is 15.3. The van der Waals surface area contributed by atoms with Crippen LogP contribution in [0.2, 0.25) is 10.0 Å². The molecule has 9 nitrogen and oxygen atoms in total. The Morgan fingerprint density at radius 1 is 0.962 bits per heavy atom. The lowest BCUT2D eigenvalue weighted by Gasteiger charge is -2.50. The number of rotatable bonds is 6. The van der Waals surface area contributed by atoms with Gasteiger partial charge in [0, 0.05) is 34.6 Å². The number of hydrogen-bond donors (Lipinski definition) is 2. The number of pyridine rings is 1. The summed E-state index contributed by atoms with van der Waals surface area (Å²) in [4.78, 5) is 62.9. The number of aromatic hydroxyl groups is 1. The number of benzene rings is 3. The molecule has 3 heterocycles. The topological polar surface area (TPSA) is 120 Å². The van der Waals surface area contributed by atoms with Crippen molar-refractivity contribution >= 4 is 63.4 Å². The summed E-state index contributed by atoms with van der Waals surface area (Å²) in [6.45, 7) is 2.11. The SMILES string of the molecule is CCCN1C(=O)[C@H]2[C@H](CC=C3[C@H]2C[C@H]2C(=O)N(Nc4ncc(C(F)(F)F)cc4Cl)C(=O)[C@@]2(c2ccc(Cl)cc2)[C@H]3c2ccc3ccccc3c2O)C1=O. The van der Waals surface area contributed by atoms with Crippen LogP contribution in [-0.4, -0.2) is 50.2 Å². The van der Waals surface area contributed by atoms with Crippen LogP contribution in [0.4, 0.5) is 19.0 Å². The number of nitrogens with one attached hydrogen (secondary N) is 1. The molecular formula is C39H31Cl2F3N4O5. The number of likely N-dealkylation sites (tertiary alicyclic amines) is 1. The standard InChI is InChI=1S/C39H31Cl2F3N4O5/c1-2-15-47-34(50)25-14-13-24-27(30(25)36(47)52)17-28-35(51)48(46-33-29(41)16-21(18-45-33)39(42,43)44)37(53)38(28,20-8-10-22(40)11-9-20)31(24)26-12-7-19-5-3-4-6-23(19)32(26)49/h3-13,16,18,25,27-28,30-31,49H,2,14-15,17H2,1H3,(H,45,46)/t25-,27+,28-,30-,31+,38+/m0/s1. The minimum absolute atomic E-state index is 0.0175. The highest BCUT2D eigenvalue weighted by atomic mass is 35.5. The van der Waals surface area contributed by atoms with E-state index in [2.05, 4.69) is 10.4 Å². The maximum absolute atomic E-state index is 15.3. The highest BCUT2D eigenvalue weighted by molar-refractivity contribution is 6.33. The molecule has 2 saturated heterocycles. The molecule has 6 atom stereocenters. The first kappa shape index (κ1) is 35.1. The van der Waals surface area contributed by atoms with Crippen LogP contribution in [0, 0.1) is 23.7 Å². The minimum Gasteiger partial charge on any atom is -0.507 e. The van der Waals surface area contributed by atoms with Crippen LogP contribution in [0.3, 0.4) is 0 Å². The number of fused-ring (bicyclic) bond motifs is 5. The van der Waals surface area contributed by atoms with Gasteiger partial charge in [-0.3, -0.25) is 29.5 Å². The average molecular weight is 764 g/mol. The Hall–Kier alpha value is -4.94. The van der Waals surface area contributed by atoms with E-state index in [1.165, 1.54) is 4.90 Å². The molecule has 3 aromatic carbocycles. The first-order valence-corrected chi connectivity index (χ1v) is 17.9. The van der Waals surface area contributed by atoms with Gasteiger partial charge in [0.15, 0.2) is 5.82 Å². The summed E-state index contributed by atoms with van der Waals surface area (Å²) >= 11 is 12.6. The van der Waals surface area contributed by atoms with E-state index in [0.29, 0.717) is 45.8 Å². The largest absolute Gasteiger partial charge is 0.507 e. The van der Waals surface area contributed by atoms with Gasteiger partial charge in [-0.1, -0.05) is 90.3 Å². The van der Waals surface area contributed by atoms with Crippen molar-refractivity contribution < 1.29 is 37.5 Å². The number of amides is 4. The van der Waals surface area contributed by atoms with E-state index in [1.54, 1.807) is 48.5 Å². The van der Waals surface area contributed by atoms with Crippen molar-refractivity contribution in [3.63, 3.8) is 0 Å². The van der Waals surface area contributed by atoms with Gasteiger partial charge >= 0.3 is 6.18 Å². The van der Waals surface area contributed by atoms with Crippen LogP contribution < -0.4 is 5.43 Å². The number of alkyl halides is 3. The number of phenols is 1. The number of allylic oxidation sites excluding steroid dienone is 2. The molecule has 1 aromatic heterocycles. The summed E-state index contributed by atoms with van der Waals surface area (Å²) in [5.41, 5.74) is 1.08. The summed E-state index contributed by atoms with van der Waals surface area (Å²) in [6.07, 6.45) is -1.57. The molecule has 4 amide bonds. The Morgan fingerprint density at radius 3 is 2.40 bits per heavy atom. The van der Waals surface area contributed by atoms with Gasteiger partial charge in [0.05, 0.1) is 33.8 Å². The predicted octanol–water partition coefficient (Wildman–Crippen LogP) is 7.66. The van der Waals surface area contributed by atoms with Crippen LogP contribution in [0.1, 0.15) is 48.8 Å². The Morgan fingerprint density at radius 2 is 1.70 bits per heavy atom. The Kier molecular flexibility index (Phi) is 8.34. The number of aromatic nitrogens is 1. The zero-order chi connectivity index (χ0) is 37.6. The number of nitrogens with zero attached hydrogens (tertiary/aromatic N) is 3. The summed E-state index contributed by atoms with van der Waals surface area (Å²) in [6, 6.07) is 17.7. The molecule has 0 unspecified atom stereocenters. The van der Waals surface area contributed by atoms with Gasteiger partial charge in [0.25, 0.3) is 11.8 Å². The fraction of sp³-hybridized carbons (Fsp3) is 0.308. The van der Waals surface area contributed by atoms with Gasteiger partial charge in [0.2, 0.25) is 11.8 Å². The first-order chi connectivity index (χ1) is 25.3. The molecule has 0 bridgehead atoms. The molecule has 2 aliphatic carbocycles. The fourth-order valence-electron chi connectivity index (χ4n) is 9.14. The van der Waals surface area contributed by atoms with Crippen molar-refractivity contribution in [1.29, 1.82) is 0 Å². The van der Waals surface area contributed by atoms with Gasteiger partial charge in [-0.25, -0.2) is 4.98 Å². The van der Waals surface area contributed by atoms with Crippen molar-refractivity contribution in [2.45, 2.75) is 43.7 Å². The third-order valence-electron chi connectivity index (χ3n) is 11.3. The van der Waals surface area contributed by atoms with Crippen molar-refractivity contribution in [3.8, 4) is 5.75 Å². The molecule has 14 heteroatoms. The van der Waals surface area contributed by atoms with Crippen LogP contribution in [-0.2, 0) is 30.8 Å². The lowest BCUT2D eigenvalue weighted by atomic mass is 9.49. The highest BCUT2D eigenvalue weighted by Crippen LogP contribution is 2.65. The molecule has 2 aliphatic heterocycles. The van der Waals surface area contributed by atoms with Crippen molar-refractivity contribution in [1.82, 2.24) is 14.9 Å². The van der Waals surface area contributed by atoms with E-state index in [1.807, 2.05) is 25.1 Å². The molecule has 4 aliphatic rings. The second kappa shape index (κ2) is 12.6. The zero-order valence-corrected chi connectivity index (χ0v) is 29.5. The number of hydrazine groups is 1. The van der Waals surface area contributed by atoms with Gasteiger partial charge in [0.1, 0.15) is 5.75 Å². The smallest absolute Gasteiger partial charge is 0.417 e. The molecule has 3 fully saturated rings. The van der Waals surface area contributed by atoms with Crippen LogP contribution >= 0.6 is 23.2 Å². The summed E-state index contributed by atoms with van der Waals surface area (Å²) in [5.74, 6) is -6.97. The normalized spacial score (nSPS) is 26.8. The number of imide groups is 2. The van der Waals surface area contributed by atoms with E-state index in [9.17, 15) is 32.7 Å². The van der Waals surface area contributed by atoms with E-state index in [4.69, 9.17) is 23.2 Å². The van der Waals surface area contributed by atoms with E-state index >= 15 is 4.79 Å². The maximum Gasteiger partial charge on any atom is 0.417 e. The monoisotopic (exact) mass is 762 g/mol. The van der Waals surface area contributed by atoms with Gasteiger partial charge < -0.3 is 5.11 Å². The third kappa shape index (κ3) is 5.16. The molecule has 0 spiro atoms. The predicted molar refractivity (Wildman–Crippen MR) is 189 cm³/mol. The summed E-state index contributed by atoms with van der Waals surface area (Å²) in [7, 11) is 0. The highest BCUT2D eigenvalue weighted by Gasteiger charge is 2.70. The van der Waals surface area contributed by atoms with Crippen LogP contribution in [0.15, 0.2) is 84.6 Å². The van der Waals surface area contributed by atoms with Crippen molar-refractivity contribution in [2.75, 3.05) is 12.0 Å². The second-order valence-electron chi connectivity index (χ2n) is 14.0. The number of halogens is 5. The number of phenolic OH excluding ortho intramolecular Hbond substituents is 1. The van der Waals surface area contributed by atoms with E-state index in [-0.39, 0.29) is 42.8 Å². The third-order valence-corrected chi connectivity index (χ3v) is 11.9. The Balaban J connectivity index is 1.36. The van der Waals surface area contributed by atoms with E-state index < -0.39 is 63.6 Å². The quantitative estimate of drug-likeness (QED) is 0.153. The average Bonchev–Trinajstić information content (AvgIpc) is 3.50. The Bertz CT molecular complexity index is 2260. The van der Waals surface area contributed by atoms with E-state index in [0.717, 1.165) is 10.4 Å². The first-order valence-electron chi connectivity index (χ1n) is 17.2. The molecule has 272 valence electrons. The Labute approximate surface area is 311 Å². The van der Waals surface area contributed by atoms with Crippen LogP contribution in [0.25, 0.3) is 10.8 Å². The molecule has 53 heavy (non-hydrogen) atoms. The summed E-state index contributed by atoms with van der Waals surface area (Å²) in [5, 5.41) is 13.9. The molecule has 8 rings (SSSR count). The second-order valence-corrected chi connectivity index (χ2v) is 14.8. The lowest BCUT2D eigenvalue weighted by molar-refractivity contribution is -0.141. The number of carbonyl (C=O) groups is 4. The molecule has 4 aromatic rings. The van der Waals surface area contributed by atoms with Gasteiger partial charge in [-0.05, 0) is 54.3 Å². The van der Waals surface area contributed by atoms with Crippen molar-refractivity contribution in [3.05, 3.63) is 111 Å². The number of anilines is 1. The van der Waals surface area contributed by atoms with Crippen molar-refractivity contribution in [2.24, 2.45) is 23.7 Å². The molecule has 2 N–H and O–H groups in total. The van der Waals surface area contributed by atoms with Crippen LogP contribution in [0.5, 0.6) is 5.75 Å². The fourth-order valence-corrected chi connectivity index (χ4v) is 9.48.